The highest BCUT2D eigenvalue weighted by atomic mass is 127. The van der Waals surface area contributed by atoms with Gasteiger partial charge in [0.05, 0.1) is 22.7 Å². The molecule has 0 bridgehead atoms. The van der Waals surface area contributed by atoms with Crippen molar-refractivity contribution in [2.45, 2.75) is 0 Å². The Morgan fingerprint density at radius 1 is 0.969 bits per heavy atom. The lowest BCUT2D eigenvalue weighted by atomic mass is 10.1. The standard InChI is InChI=1S/C24H14IN3O4/c25-16-8-11-20-19(14-16)24(29)27(21-7-3-5-15-4-1-2-6-18(15)21)22(26-20)12-9-17-10-13-23(32-17)28(30)31/h1-14H/b12-9+. The molecule has 7 nitrogen and oxygen atoms in total. The largest absolute Gasteiger partial charge is 0.433 e. The molecule has 0 atom stereocenters. The van der Waals surface area contributed by atoms with Crippen LogP contribution in [-0.2, 0) is 0 Å². The van der Waals surface area contributed by atoms with Crippen molar-refractivity contribution in [1.29, 1.82) is 0 Å². The van der Waals surface area contributed by atoms with Gasteiger partial charge in [-0.1, -0.05) is 36.4 Å². The lowest BCUT2D eigenvalue weighted by Gasteiger charge is -2.14. The van der Waals surface area contributed by atoms with Crippen molar-refractivity contribution < 1.29 is 9.34 Å². The molecule has 2 heterocycles. The summed E-state index contributed by atoms with van der Waals surface area (Å²) in [6.45, 7) is 0. The van der Waals surface area contributed by atoms with Crippen molar-refractivity contribution in [3.05, 3.63) is 108 Å². The summed E-state index contributed by atoms with van der Waals surface area (Å²) in [5.41, 5.74) is 1.07. The van der Waals surface area contributed by atoms with E-state index in [1.54, 1.807) is 22.8 Å². The first-order valence-electron chi connectivity index (χ1n) is 9.64. The Bertz CT molecular complexity index is 1600. The fraction of sp³-hybridized carbons (Fsp3) is 0. The van der Waals surface area contributed by atoms with E-state index >= 15 is 0 Å². The van der Waals surface area contributed by atoms with Crippen molar-refractivity contribution in [2.75, 3.05) is 0 Å². The van der Waals surface area contributed by atoms with Crippen molar-refractivity contribution in [3.8, 4) is 5.69 Å². The number of rotatable bonds is 4. The molecule has 0 unspecified atom stereocenters. The normalized spacial score (nSPS) is 11.5. The van der Waals surface area contributed by atoms with Gasteiger partial charge in [0.25, 0.3) is 5.56 Å². The fourth-order valence-corrected chi connectivity index (χ4v) is 4.10. The van der Waals surface area contributed by atoms with Crippen molar-refractivity contribution in [2.24, 2.45) is 0 Å². The number of benzene rings is 3. The summed E-state index contributed by atoms with van der Waals surface area (Å²) in [6, 6.07) is 21.9. The van der Waals surface area contributed by atoms with E-state index in [4.69, 9.17) is 9.40 Å². The highest BCUT2D eigenvalue weighted by Gasteiger charge is 2.15. The van der Waals surface area contributed by atoms with Gasteiger partial charge in [0, 0.05) is 8.96 Å². The summed E-state index contributed by atoms with van der Waals surface area (Å²) in [5.74, 6) is 0.328. The minimum absolute atomic E-state index is 0.199. The average Bonchev–Trinajstić information content (AvgIpc) is 3.28. The van der Waals surface area contributed by atoms with Gasteiger partial charge in [-0.15, -0.1) is 0 Å². The number of fused-ring (bicyclic) bond motifs is 2. The van der Waals surface area contributed by atoms with Gasteiger partial charge in [-0.2, -0.15) is 0 Å². The highest BCUT2D eigenvalue weighted by Crippen LogP contribution is 2.25. The van der Waals surface area contributed by atoms with Gasteiger partial charge in [-0.05, 0) is 70.5 Å². The maximum absolute atomic E-state index is 13.6. The number of halogens is 1. The maximum Gasteiger partial charge on any atom is 0.433 e. The molecule has 0 fully saturated rings. The van der Waals surface area contributed by atoms with E-state index in [2.05, 4.69) is 22.6 Å². The Kier molecular flexibility index (Phi) is 5.06. The summed E-state index contributed by atoms with van der Waals surface area (Å²) in [5, 5.41) is 13.3. The maximum atomic E-state index is 13.6. The third-order valence-corrected chi connectivity index (χ3v) is 5.72. The number of furan rings is 1. The average molecular weight is 535 g/mol. The molecule has 0 aliphatic heterocycles. The fourth-order valence-electron chi connectivity index (χ4n) is 3.61. The smallest absolute Gasteiger partial charge is 0.401 e. The molecule has 5 rings (SSSR count). The molecule has 2 aromatic heterocycles. The quantitative estimate of drug-likeness (QED) is 0.165. The van der Waals surface area contributed by atoms with Crippen LogP contribution in [0, 0.1) is 13.7 Å². The van der Waals surface area contributed by atoms with Gasteiger partial charge in [0.2, 0.25) is 0 Å². The Morgan fingerprint density at radius 2 is 1.78 bits per heavy atom. The highest BCUT2D eigenvalue weighted by molar-refractivity contribution is 14.1. The molecule has 0 aliphatic carbocycles. The van der Waals surface area contributed by atoms with Crippen LogP contribution in [0.2, 0.25) is 0 Å². The molecule has 0 saturated carbocycles. The van der Waals surface area contributed by atoms with E-state index in [0.717, 1.165) is 14.3 Å². The van der Waals surface area contributed by atoms with Crippen LogP contribution in [0.4, 0.5) is 5.88 Å². The number of nitrogens with zero attached hydrogens (tertiary/aromatic N) is 3. The molecule has 5 aromatic rings. The van der Waals surface area contributed by atoms with Crippen LogP contribution >= 0.6 is 22.6 Å². The second-order valence-electron chi connectivity index (χ2n) is 7.04. The molecule has 8 heteroatoms. The molecule has 0 amide bonds. The van der Waals surface area contributed by atoms with Gasteiger partial charge >= 0.3 is 5.88 Å². The van der Waals surface area contributed by atoms with Crippen molar-refractivity contribution in [3.63, 3.8) is 0 Å². The SMILES string of the molecule is O=c1c2cc(I)ccc2nc(/C=C/c2ccc([N+](=O)[O-])o2)n1-c1cccc2ccccc12. The molecular weight excluding hydrogens is 521 g/mol. The predicted molar refractivity (Wildman–Crippen MR) is 132 cm³/mol. The lowest BCUT2D eigenvalue weighted by Crippen LogP contribution is -2.22. The summed E-state index contributed by atoms with van der Waals surface area (Å²) in [4.78, 5) is 28.6. The molecule has 0 spiro atoms. The van der Waals surface area contributed by atoms with Crippen LogP contribution in [0.25, 0.3) is 39.5 Å². The minimum atomic E-state index is -0.598. The second kappa shape index (κ2) is 8.04. The zero-order valence-corrected chi connectivity index (χ0v) is 18.6. The summed E-state index contributed by atoms with van der Waals surface area (Å²) in [7, 11) is 0. The van der Waals surface area contributed by atoms with Crippen molar-refractivity contribution in [1.82, 2.24) is 9.55 Å². The Labute approximate surface area is 194 Å². The van der Waals surface area contributed by atoms with Gasteiger partial charge in [0.15, 0.2) is 0 Å². The molecule has 0 N–H and O–H groups in total. The Morgan fingerprint density at radius 3 is 2.59 bits per heavy atom. The number of hydrogen-bond acceptors (Lipinski definition) is 5. The van der Waals surface area contributed by atoms with Crippen LogP contribution in [0.1, 0.15) is 11.6 Å². The summed E-state index contributed by atoms with van der Waals surface area (Å²) >= 11 is 2.17. The van der Waals surface area contributed by atoms with E-state index in [1.807, 2.05) is 54.6 Å². The first-order valence-corrected chi connectivity index (χ1v) is 10.7. The second-order valence-corrected chi connectivity index (χ2v) is 8.28. The topological polar surface area (TPSA) is 91.2 Å². The Balaban J connectivity index is 1.78. The van der Waals surface area contributed by atoms with Crippen LogP contribution in [0.15, 0.2) is 82.0 Å². The number of nitro groups is 1. The molecular formula is C24H14IN3O4. The summed E-state index contributed by atoms with van der Waals surface area (Å²) in [6.07, 6.45) is 3.19. The van der Waals surface area contributed by atoms with Gasteiger partial charge < -0.3 is 4.42 Å². The molecule has 156 valence electrons. The minimum Gasteiger partial charge on any atom is -0.401 e. The third kappa shape index (κ3) is 3.58. The van der Waals surface area contributed by atoms with E-state index in [0.29, 0.717) is 22.4 Å². The first kappa shape index (κ1) is 20.1. The predicted octanol–water partition coefficient (Wildman–Crippen LogP) is 5.82. The first-order chi connectivity index (χ1) is 15.5. The van der Waals surface area contributed by atoms with Crippen molar-refractivity contribution >= 4 is 62.3 Å². The third-order valence-electron chi connectivity index (χ3n) is 5.05. The summed E-state index contributed by atoms with van der Waals surface area (Å²) < 4.78 is 7.71. The molecule has 3 aromatic carbocycles. The molecule has 0 saturated heterocycles. The van der Waals surface area contributed by atoms with Gasteiger partial charge in [-0.3, -0.25) is 19.5 Å². The number of hydrogen-bond donors (Lipinski definition) is 0. The van der Waals surface area contributed by atoms with Crippen LogP contribution in [0.5, 0.6) is 0 Å². The van der Waals surface area contributed by atoms with Crippen LogP contribution in [0.3, 0.4) is 0 Å². The molecule has 0 aliphatic rings. The van der Waals surface area contributed by atoms with Gasteiger partial charge in [-0.25, -0.2) is 4.98 Å². The zero-order chi connectivity index (χ0) is 22.2. The van der Waals surface area contributed by atoms with E-state index in [-0.39, 0.29) is 17.2 Å². The molecule has 0 radical (unpaired) electrons. The zero-order valence-electron chi connectivity index (χ0n) is 16.4. The van der Waals surface area contributed by atoms with Crippen LogP contribution < -0.4 is 5.56 Å². The molecule has 32 heavy (non-hydrogen) atoms. The monoisotopic (exact) mass is 535 g/mol. The lowest BCUT2D eigenvalue weighted by molar-refractivity contribution is -0.402. The van der Waals surface area contributed by atoms with Crippen LogP contribution in [-0.4, -0.2) is 14.5 Å². The Hall–Kier alpha value is -3.79. The van der Waals surface area contributed by atoms with Gasteiger partial charge in [0.1, 0.15) is 16.5 Å². The number of aromatic nitrogens is 2. The van der Waals surface area contributed by atoms with E-state index in [1.165, 1.54) is 12.1 Å². The van der Waals surface area contributed by atoms with E-state index in [9.17, 15) is 14.9 Å². The van der Waals surface area contributed by atoms with E-state index < -0.39 is 4.92 Å².